The molecule has 10 nitrogen and oxygen atoms in total. The number of ether oxygens (including phenoxy) is 1. The number of rotatable bonds is 17. The van der Waals surface area contributed by atoms with E-state index >= 15 is 0 Å². The molecule has 1 radical (unpaired) electrons. The predicted molar refractivity (Wildman–Crippen MR) is 196 cm³/mol. The number of hydrazine groups is 1. The van der Waals surface area contributed by atoms with E-state index in [1.54, 1.807) is 17.1 Å². The third-order valence-electron chi connectivity index (χ3n) is 9.34. The summed E-state index contributed by atoms with van der Waals surface area (Å²) in [7, 11) is 0. The predicted octanol–water partition coefficient (Wildman–Crippen LogP) is 6.41. The SMILES string of the molecule is O=C(CCOC(=O)N(c1ccccc1-c1ccccc1)N1CC[CH]CC1)NCCCCCN(Cc1ccc(O)cc1)C(=O)CCN1CCCC1. The molecule has 3 aromatic carbocycles. The number of likely N-dealkylation sites (tertiary alicyclic amines) is 1. The Bertz CT molecular complexity index is 1490. The molecule has 267 valence electrons. The summed E-state index contributed by atoms with van der Waals surface area (Å²) in [5.74, 6) is 0.199. The van der Waals surface area contributed by atoms with Gasteiger partial charge in [0.25, 0.3) is 0 Å². The molecular formula is C40H52N5O5. The van der Waals surface area contributed by atoms with Crippen molar-refractivity contribution in [2.24, 2.45) is 0 Å². The zero-order valence-corrected chi connectivity index (χ0v) is 29.2. The average Bonchev–Trinajstić information content (AvgIpc) is 3.67. The molecule has 10 heteroatoms. The van der Waals surface area contributed by atoms with Crippen molar-refractivity contribution in [3.8, 4) is 16.9 Å². The summed E-state index contributed by atoms with van der Waals surface area (Å²) in [6.07, 6.45) is 8.98. The minimum absolute atomic E-state index is 0.0135. The normalized spacial score (nSPS) is 15.0. The Hall–Kier alpha value is -4.41. The number of unbranched alkanes of at least 4 members (excludes halogenated alkanes) is 2. The number of nitrogens with one attached hydrogen (secondary N) is 1. The summed E-state index contributed by atoms with van der Waals surface area (Å²) < 4.78 is 5.69. The highest BCUT2D eigenvalue weighted by Crippen LogP contribution is 2.33. The number of carbonyl (C=O) groups excluding carboxylic acids is 3. The van der Waals surface area contributed by atoms with Gasteiger partial charge in [-0.15, -0.1) is 0 Å². The third-order valence-corrected chi connectivity index (χ3v) is 9.34. The Morgan fingerprint density at radius 2 is 1.52 bits per heavy atom. The Morgan fingerprint density at radius 3 is 2.28 bits per heavy atom. The van der Waals surface area contributed by atoms with Gasteiger partial charge in [-0.05, 0) is 93.8 Å². The van der Waals surface area contributed by atoms with E-state index in [9.17, 15) is 19.5 Å². The number of anilines is 1. The second-order valence-electron chi connectivity index (χ2n) is 13.1. The number of phenolic OH excluding ortho intramolecular Hbond substituents is 1. The molecule has 0 unspecified atom stereocenters. The van der Waals surface area contributed by atoms with Crippen molar-refractivity contribution in [3.05, 3.63) is 90.8 Å². The first-order valence-electron chi connectivity index (χ1n) is 18.2. The monoisotopic (exact) mass is 682 g/mol. The maximum Gasteiger partial charge on any atom is 0.429 e. The van der Waals surface area contributed by atoms with Crippen molar-refractivity contribution in [1.82, 2.24) is 20.1 Å². The molecule has 0 spiro atoms. The van der Waals surface area contributed by atoms with E-state index in [1.807, 2.05) is 76.6 Å². The molecule has 2 saturated heterocycles. The molecule has 0 aliphatic carbocycles. The zero-order valence-electron chi connectivity index (χ0n) is 29.2. The third kappa shape index (κ3) is 11.3. The van der Waals surface area contributed by atoms with Gasteiger partial charge in [0.1, 0.15) is 12.4 Å². The first-order valence-corrected chi connectivity index (χ1v) is 18.2. The number of nitrogens with zero attached hydrogens (tertiary/aromatic N) is 4. The standard InChI is InChI=1S/C40H52N5O5/c46-35-20-18-33(19-21-35)32-43(39(48)22-30-42-25-12-13-26-42)27-9-2-8-24-41-38(47)23-31-50-40(49)45(44-28-10-3-11-29-44)37-17-7-6-16-36(37)34-14-4-1-5-15-34/h1,3-7,14-21,46H,2,8-13,22-32H2,(H,41,47). The number of piperidine rings is 1. The molecule has 3 aromatic rings. The molecule has 0 bridgehead atoms. The first-order chi connectivity index (χ1) is 24.5. The van der Waals surface area contributed by atoms with Crippen LogP contribution in [0.3, 0.4) is 0 Å². The van der Waals surface area contributed by atoms with Gasteiger partial charge in [0, 0.05) is 51.3 Å². The molecule has 50 heavy (non-hydrogen) atoms. The number of aromatic hydroxyl groups is 1. The smallest absolute Gasteiger partial charge is 0.429 e. The summed E-state index contributed by atoms with van der Waals surface area (Å²) >= 11 is 0. The molecule has 2 N–H and O–H groups in total. The molecule has 5 rings (SSSR count). The lowest BCUT2D eigenvalue weighted by Gasteiger charge is -2.37. The van der Waals surface area contributed by atoms with Crippen LogP contribution in [0.25, 0.3) is 11.1 Å². The number of para-hydroxylation sites is 1. The Kier molecular flexibility index (Phi) is 14.5. The average molecular weight is 683 g/mol. The minimum atomic E-state index is -0.491. The van der Waals surface area contributed by atoms with Gasteiger partial charge in [-0.1, -0.05) is 60.7 Å². The summed E-state index contributed by atoms with van der Waals surface area (Å²) in [5.41, 5.74) is 3.69. The van der Waals surface area contributed by atoms with Crippen LogP contribution in [0, 0.1) is 6.42 Å². The number of hydrogen-bond donors (Lipinski definition) is 2. The van der Waals surface area contributed by atoms with Crippen molar-refractivity contribution < 1.29 is 24.2 Å². The zero-order chi connectivity index (χ0) is 35.0. The second-order valence-corrected chi connectivity index (χ2v) is 13.1. The fraction of sp³-hybridized carbons (Fsp3) is 0.450. The fourth-order valence-electron chi connectivity index (χ4n) is 6.57. The van der Waals surface area contributed by atoms with Crippen LogP contribution in [0.4, 0.5) is 10.5 Å². The Labute approximate surface area is 297 Å². The lowest BCUT2D eigenvalue weighted by molar-refractivity contribution is -0.132. The van der Waals surface area contributed by atoms with Crippen molar-refractivity contribution >= 4 is 23.6 Å². The number of hydrogen-bond acceptors (Lipinski definition) is 7. The molecule has 2 aliphatic heterocycles. The van der Waals surface area contributed by atoms with Crippen LogP contribution < -0.4 is 10.3 Å². The van der Waals surface area contributed by atoms with E-state index in [4.69, 9.17) is 4.74 Å². The van der Waals surface area contributed by atoms with Gasteiger partial charge in [-0.2, -0.15) is 0 Å². The minimum Gasteiger partial charge on any atom is -0.508 e. The first kappa shape index (κ1) is 36.9. The highest BCUT2D eigenvalue weighted by molar-refractivity contribution is 5.93. The topological polar surface area (TPSA) is 106 Å². The number of carbonyl (C=O) groups is 3. The van der Waals surface area contributed by atoms with Crippen molar-refractivity contribution in [3.63, 3.8) is 0 Å². The van der Waals surface area contributed by atoms with E-state index in [0.29, 0.717) is 39.1 Å². The van der Waals surface area contributed by atoms with Gasteiger partial charge in [-0.3, -0.25) is 9.59 Å². The second kappa shape index (κ2) is 19.7. The fourth-order valence-corrected chi connectivity index (χ4v) is 6.57. The van der Waals surface area contributed by atoms with Gasteiger partial charge in [0.15, 0.2) is 0 Å². The lowest BCUT2D eigenvalue weighted by Crippen LogP contribution is -2.50. The summed E-state index contributed by atoms with van der Waals surface area (Å²) in [6.45, 7) is 6.01. The largest absolute Gasteiger partial charge is 0.508 e. The molecule has 0 aromatic heterocycles. The van der Waals surface area contributed by atoms with Crippen LogP contribution >= 0.6 is 0 Å². The maximum atomic E-state index is 13.6. The van der Waals surface area contributed by atoms with Gasteiger partial charge >= 0.3 is 6.09 Å². The van der Waals surface area contributed by atoms with Crippen LogP contribution in [-0.2, 0) is 20.9 Å². The Balaban J connectivity index is 1.05. The summed E-state index contributed by atoms with van der Waals surface area (Å²) in [4.78, 5) is 43.6. The van der Waals surface area contributed by atoms with E-state index in [1.165, 1.54) is 12.8 Å². The van der Waals surface area contributed by atoms with Crippen LogP contribution in [0.15, 0.2) is 78.9 Å². The lowest BCUT2D eigenvalue weighted by atomic mass is 10.0. The summed E-state index contributed by atoms with van der Waals surface area (Å²) in [6, 6.07) is 24.8. The molecule has 2 aliphatic rings. The van der Waals surface area contributed by atoms with Crippen LogP contribution in [0.2, 0.25) is 0 Å². The summed E-state index contributed by atoms with van der Waals surface area (Å²) in [5, 5.41) is 16.3. The number of phenols is 1. The number of amides is 3. The van der Waals surface area contributed by atoms with Gasteiger partial charge in [-0.25, -0.2) is 14.8 Å². The van der Waals surface area contributed by atoms with Crippen LogP contribution in [0.5, 0.6) is 5.75 Å². The van der Waals surface area contributed by atoms with Gasteiger partial charge in [0.05, 0.1) is 12.1 Å². The quantitative estimate of drug-likeness (QED) is 0.159. The van der Waals surface area contributed by atoms with E-state index < -0.39 is 6.09 Å². The number of benzene rings is 3. The maximum absolute atomic E-state index is 13.6. The molecule has 0 saturated carbocycles. The molecule has 3 amide bonds. The highest BCUT2D eigenvalue weighted by atomic mass is 16.6. The van der Waals surface area contributed by atoms with E-state index in [2.05, 4.69) is 16.6 Å². The highest BCUT2D eigenvalue weighted by Gasteiger charge is 2.28. The van der Waals surface area contributed by atoms with Crippen LogP contribution in [-0.4, -0.2) is 90.2 Å². The molecular weight excluding hydrogens is 630 g/mol. The Morgan fingerprint density at radius 1 is 0.800 bits per heavy atom. The molecule has 2 fully saturated rings. The molecule has 0 atom stereocenters. The van der Waals surface area contributed by atoms with Gasteiger partial charge in [0.2, 0.25) is 11.8 Å². The van der Waals surface area contributed by atoms with Crippen LogP contribution in [0.1, 0.15) is 63.4 Å². The van der Waals surface area contributed by atoms with Crippen molar-refractivity contribution in [2.45, 2.75) is 64.3 Å². The molecule has 2 heterocycles. The van der Waals surface area contributed by atoms with E-state index in [0.717, 1.165) is 74.1 Å². The van der Waals surface area contributed by atoms with Crippen molar-refractivity contribution in [2.75, 3.05) is 57.4 Å². The van der Waals surface area contributed by atoms with Gasteiger partial charge < -0.3 is 25.0 Å². The van der Waals surface area contributed by atoms with E-state index in [-0.39, 0.29) is 30.6 Å². The van der Waals surface area contributed by atoms with Crippen molar-refractivity contribution in [1.29, 1.82) is 0 Å².